The molecule has 2 saturated heterocycles. The fraction of sp³-hybridized carbons (Fsp3) is 0.345. The molecule has 0 spiro atoms. The van der Waals surface area contributed by atoms with Gasteiger partial charge in [0.2, 0.25) is 5.91 Å². The lowest BCUT2D eigenvalue weighted by Crippen LogP contribution is -2.55. The third kappa shape index (κ3) is 4.62. The second-order valence-corrected chi connectivity index (χ2v) is 10.6. The van der Waals surface area contributed by atoms with E-state index >= 15 is 0 Å². The Balaban J connectivity index is 1.27. The van der Waals surface area contributed by atoms with Gasteiger partial charge in [0.15, 0.2) is 0 Å². The molecule has 0 radical (unpaired) electrons. The number of fused-ring (bicyclic) bond motifs is 1. The van der Waals surface area contributed by atoms with E-state index < -0.39 is 5.41 Å². The van der Waals surface area contributed by atoms with E-state index in [9.17, 15) is 9.59 Å². The van der Waals surface area contributed by atoms with Gasteiger partial charge in [-0.05, 0) is 56.2 Å². The summed E-state index contributed by atoms with van der Waals surface area (Å²) < 4.78 is 12.3. The van der Waals surface area contributed by atoms with Gasteiger partial charge in [0, 0.05) is 48.4 Å². The third-order valence-corrected chi connectivity index (χ3v) is 7.68. The van der Waals surface area contributed by atoms with Gasteiger partial charge in [-0.15, -0.1) is 0 Å². The number of anilines is 2. The number of aromatic nitrogens is 4. The number of carbonyl (C=O) groups excluding carboxylic acids is 2. The maximum atomic E-state index is 13.2. The molecule has 4 aromatic rings. The minimum atomic E-state index is -0.436. The SMILES string of the molecule is COc1ccnc(NC(=O)c2ccc(-n3nc(C4CCCN(C(=O)C5(C)COC5)C4)c4ccnc(N)c43)cc2)c1. The van der Waals surface area contributed by atoms with Gasteiger partial charge in [-0.2, -0.15) is 5.10 Å². The smallest absolute Gasteiger partial charge is 0.256 e. The van der Waals surface area contributed by atoms with Gasteiger partial charge in [0.25, 0.3) is 5.91 Å². The zero-order chi connectivity index (χ0) is 27.9. The topological polar surface area (TPSA) is 137 Å². The van der Waals surface area contributed by atoms with Crippen molar-refractivity contribution in [1.82, 2.24) is 24.6 Å². The molecule has 2 aliphatic rings. The van der Waals surface area contributed by atoms with Crippen LogP contribution in [-0.2, 0) is 9.53 Å². The van der Waals surface area contributed by atoms with Crippen molar-refractivity contribution in [2.45, 2.75) is 25.7 Å². The molecule has 6 rings (SSSR count). The number of rotatable bonds is 6. The van der Waals surface area contributed by atoms with E-state index in [1.54, 1.807) is 48.5 Å². The molecule has 0 aliphatic carbocycles. The van der Waals surface area contributed by atoms with E-state index in [-0.39, 0.29) is 17.7 Å². The minimum Gasteiger partial charge on any atom is -0.497 e. The van der Waals surface area contributed by atoms with Crippen LogP contribution in [0.4, 0.5) is 11.6 Å². The average molecular weight is 542 g/mol. The van der Waals surface area contributed by atoms with E-state index in [1.807, 2.05) is 30.0 Å². The number of piperidine rings is 1. The van der Waals surface area contributed by atoms with Gasteiger partial charge in [-0.1, -0.05) is 0 Å². The van der Waals surface area contributed by atoms with Crippen molar-refractivity contribution in [3.63, 3.8) is 0 Å². The number of hydrogen-bond donors (Lipinski definition) is 2. The van der Waals surface area contributed by atoms with Gasteiger partial charge in [-0.25, -0.2) is 14.6 Å². The lowest BCUT2D eigenvalue weighted by molar-refractivity contribution is -0.169. The number of nitrogens with one attached hydrogen (secondary N) is 1. The maximum absolute atomic E-state index is 13.2. The number of nitrogens with two attached hydrogens (primary N) is 1. The predicted octanol–water partition coefficient (Wildman–Crippen LogP) is 3.40. The lowest BCUT2D eigenvalue weighted by Gasteiger charge is -2.42. The zero-order valence-electron chi connectivity index (χ0n) is 22.5. The molecule has 1 aromatic carbocycles. The van der Waals surface area contributed by atoms with Crippen LogP contribution in [0.25, 0.3) is 16.6 Å². The van der Waals surface area contributed by atoms with E-state index in [2.05, 4.69) is 15.3 Å². The molecule has 3 aromatic heterocycles. The van der Waals surface area contributed by atoms with Gasteiger partial charge in [0.1, 0.15) is 22.9 Å². The van der Waals surface area contributed by atoms with Gasteiger partial charge < -0.3 is 25.4 Å². The highest BCUT2D eigenvalue weighted by atomic mass is 16.5. The highest BCUT2D eigenvalue weighted by molar-refractivity contribution is 6.04. The summed E-state index contributed by atoms with van der Waals surface area (Å²) in [5.74, 6) is 1.28. The Morgan fingerprint density at radius 3 is 2.62 bits per heavy atom. The number of methoxy groups -OCH3 is 1. The second kappa shape index (κ2) is 10.2. The fourth-order valence-electron chi connectivity index (χ4n) is 5.45. The molecule has 40 heavy (non-hydrogen) atoms. The van der Waals surface area contributed by atoms with Crippen LogP contribution < -0.4 is 15.8 Å². The molecule has 5 heterocycles. The highest BCUT2D eigenvalue weighted by Gasteiger charge is 2.44. The Kier molecular flexibility index (Phi) is 6.59. The summed E-state index contributed by atoms with van der Waals surface area (Å²) in [4.78, 5) is 36.5. The summed E-state index contributed by atoms with van der Waals surface area (Å²) >= 11 is 0. The number of pyridine rings is 2. The van der Waals surface area contributed by atoms with Crippen molar-refractivity contribution in [3.8, 4) is 11.4 Å². The molecular weight excluding hydrogens is 510 g/mol. The van der Waals surface area contributed by atoms with Crippen molar-refractivity contribution >= 4 is 34.4 Å². The minimum absolute atomic E-state index is 0.0632. The van der Waals surface area contributed by atoms with Gasteiger partial charge >= 0.3 is 0 Å². The van der Waals surface area contributed by atoms with Crippen molar-refractivity contribution < 1.29 is 19.1 Å². The largest absolute Gasteiger partial charge is 0.497 e. The van der Waals surface area contributed by atoms with E-state index in [0.29, 0.717) is 48.2 Å². The number of likely N-dealkylation sites (tertiary alicyclic amines) is 1. The predicted molar refractivity (Wildman–Crippen MR) is 150 cm³/mol. The number of hydrogen-bond acceptors (Lipinski definition) is 8. The third-order valence-electron chi connectivity index (χ3n) is 7.68. The summed E-state index contributed by atoms with van der Waals surface area (Å²) in [6.07, 6.45) is 5.07. The molecule has 2 amide bonds. The Hall–Kier alpha value is -4.51. The van der Waals surface area contributed by atoms with Crippen LogP contribution in [0.2, 0.25) is 0 Å². The quantitative estimate of drug-likeness (QED) is 0.379. The number of amides is 2. The van der Waals surface area contributed by atoms with E-state index in [1.165, 1.54) is 0 Å². The first kappa shape index (κ1) is 25.8. The maximum Gasteiger partial charge on any atom is 0.256 e. The monoisotopic (exact) mass is 541 g/mol. The Labute approximate surface area is 231 Å². The highest BCUT2D eigenvalue weighted by Crippen LogP contribution is 2.37. The molecule has 206 valence electrons. The number of nitrogen functional groups attached to an aromatic ring is 1. The van der Waals surface area contributed by atoms with Crippen molar-refractivity contribution in [2.75, 3.05) is 44.5 Å². The van der Waals surface area contributed by atoms with E-state index in [4.69, 9.17) is 20.3 Å². The van der Waals surface area contributed by atoms with Gasteiger partial charge in [-0.3, -0.25) is 9.59 Å². The number of nitrogens with zero attached hydrogens (tertiary/aromatic N) is 5. The molecule has 11 heteroatoms. The van der Waals surface area contributed by atoms with Gasteiger partial charge in [0.05, 0.1) is 37.1 Å². The molecule has 2 fully saturated rings. The second-order valence-electron chi connectivity index (χ2n) is 10.6. The molecule has 3 N–H and O–H groups in total. The van der Waals surface area contributed by atoms with Crippen LogP contribution in [0, 0.1) is 5.41 Å². The first-order chi connectivity index (χ1) is 19.4. The molecule has 0 saturated carbocycles. The summed E-state index contributed by atoms with van der Waals surface area (Å²) in [5.41, 5.74) is 8.72. The number of carbonyl (C=O) groups is 2. The standard InChI is InChI=1S/C29H31N7O4/c1-29(16-40-17-29)28(38)35-13-3-4-19(15-35)24-22-10-12-32-26(30)25(22)36(34-24)20-7-5-18(6-8-20)27(37)33-23-14-21(39-2)9-11-31-23/h5-12,14,19H,3-4,13,15-17H2,1-2H3,(H2,30,32)(H,31,33,37). The Morgan fingerprint density at radius 1 is 1.12 bits per heavy atom. The van der Waals surface area contributed by atoms with Crippen molar-refractivity contribution in [2.24, 2.45) is 5.41 Å². The number of ether oxygens (including phenoxy) is 2. The Bertz CT molecular complexity index is 1580. The first-order valence-corrected chi connectivity index (χ1v) is 13.3. The summed E-state index contributed by atoms with van der Waals surface area (Å²) in [6.45, 7) is 4.24. The molecule has 11 nitrogen and oxygen atoms in total. The van der Waals surface area contributed by atoms with E-state index in [0.717, 1.165) is 36.2 Å². The summed E-state index contributed by atoms with van der Waals surface area (Å²) in [6, 6.07) is 12.4. The normalized spacial score (nSPS) is 18.2. The Morgan fingerprint density at radius 2 is 1.90 bits per heavy atom. The van der Waals surface area contributed by atoms with Crippen LogP contribution in [0.1, 0.15) is 41.7 Å². The average Bonchev–Trinajstić information content (AvgIpc) is 3.37. The van der Waals surface area contributed by atoms with Crippen LogP contribution in [0.5, 0.6) is 5.75 Å². The molecule has 1 atom stereocenters. The number of benzene rings is 1. The lowest BCUT2D eigenvalue weighted by atomic mass is 9.85. The molecule has 0 bridgehead atoms. The summed E-state index contributed by atoms with van der Waals surface area (Å²) in [7, 11) is 1.56. The van der Waals surface area contributed by atoms with Crippen LogP contribution in [-0.4, -0.2) is 69.9 Å². The van der Waals surface area contributed by atoms with Crippen LogP contribution >= 0.6 is 0 Å². The summed E-state index contributed by atoms with van der Waals surface area (Å²) in [5, 5.41) is 8.71. The molecular formula is C29H31N7O4. The first-order valence-electron chi connectivity index (χ1n) is 13.3. The van der Waals surface area contributed by atoms with Crippen molar-refractivity contribution in [3.05, 3.63) is 66.1 Å². The fourth-order valence-corrected chi connectivity index (χ4v) is 5.45. The molecule has 2 aliphatic heterocycles. The molecule has 1 unspecified atom stereocenters. The van der Waals surface area contributed by atoms with Crippen molar-refractivity contribution in [1.29, 1.82) is 0 Å². The zero-order valence-corrected chi connectivity index (χ0v) is 22.5. The van der Waals surface area contributed by atoms with Crippen LogP contribution in [0.3, 0.4) is 0 Å². The van der Waals surface area contributed by atoms with Crippen LogP contribution in [0.15, 0.2) is 54.9 Å².